The molecule has 0 fully saturated rings. The number of aromatic nitrogens is 2. The summed E-state index contributed by atoms with van der Waals surface area (Å²) in [7, 11) is 0. The highest BCUT2D eigenvalue weighted by atomic mass is 32.2. The van der Waals surface area contributed by atoms with E-state index in [2.05, 4.69) is 22.2 Å². The summed E-state index contributed by atoms with van der Waals surface area (Å²) in [6.07, 6.45) is 3.61. The molecule has 1 heterocycles. The normalized spacial score (nSPS) is 10.5. The minimum atomic E-state index is -0.365. The Balaban J connectivity index is 1.83. The van der Waals surface area contributed by atoms with Crippen molar-refractivity contribution in [2.24, 2.45) is 0 Å². The van der Waals surface area contributed by atoms with E-state index in [1.807, 2.05) is 6.92 Å². The highest BCUT2D eigenvalue weighted by Gasteiger charge is 2.09. The van der Waals surface area contributed by atoms with Crippen molar-refractivity contribution in [3.8, 4) is 0 Å². The van der Waals surface area contributed by atoms with E-state index >= 15 is 0 Å². The van der Waals surface area contributed by atoms with Crippen LogP contribution in [0.15, 0.2) is 40.3 Å². The standard InChI is InChI=1S/C20H25N3O4S/c1-3-5-6-11-27-19(26)14-7-9-16(10-8-14)21-18(25)13-28-20-22-15(4-2)12-17(24)23-20/h7-10,12H,3-6,11,13H2,1-2H3,(H,21,25)(H,22,23,24). The molecule has 0 saturated carbocycles. The molecule has 0 saturated heterocycles. The van der Waals surface area contributed by atoms with Crippen molar-refractivity contribution < 1.29 is 14.3 Å². The smallest absolute Gasteiger partial charge is 0.338 e. The largest absolute Gasteiger partial charge is 0.462 e. The van der Waals surface area contributed by atoms with Crippen molar-refractivity contribution in [3.05, 3.63) is 51.9 Å². The van der Waals surface area contributed by atoms with Gasteiger partial charge in [0.05, 0.1) is 17.9 Å². The lowest BCUT2D eigenvalue weighted by atomic mass is 10.2. The molecule has 150 valence electrons. The SMILES string of the molecule is CCCCCOC(=O)c1ccc(NC(=O)CSc2nc(CC)cc(=O)[nH]2)cc1. The number of anilines is 1. The van der Waals surface area contributed by atoms with E-state index in [0.717, 1.165) is 31.0 Å². The fraction of sp³-hybridized carbons (Fsp3) is 0.400. The molecule has 0 radical (unpaired) electrons. The van der Waals surface area contributed by atoms with Gasteiger partial charge < -0.3 is 15.0 Å². The Kier molecular flexibility index (Phi) is 8.74. The fourth-order valence-electron chi connectivity index (χ4n) is 2.35. The Morgan fingerprint density at radius 1 is 1.18 bits per heavy atom. The number of rotatable bonds is 10. The number of amides is 1. The number of aromatic amines is 1. The summed E-state index contributed by atoms with van der Waals surface area (Å²) in [5, 5.41) is 3.17. The van der Waals surface area contributed by atoms with Gasteiger partial charge in [-0.3, -0.25) is 9.59 Å². The molecule has 0 spiro atoms. The first-order valence-corrected chi connectivity index (χ1v) is 10.3. The number of benzene rings is 1. The second-order valence-corrected chi connectivity index (χ2v) is 7.12. The van der Waals surface area contributed by atoms with Crippen LogP contribution in [0.4, 0.5) is 5.69 Å². The van der Waals surface area contributed by atoms with Gasteiger partial charge in [0.15, 0.2) is 5.16 Å². The molecule has 1 aromatic carbocycles. The number of nitrogens with zero attached hydrogens (tertiary/aromatic N) is 1. The molecule has 2 N–H and O–H groups in total. The Morgan fingerprint density at radius 3 is 2.61 bits per heavy atom. The number of hydrogen-bond donors (Lipinski definition) is 2. The third kappa shape index (κ3) is 7.19. The summed E-state index contributed by atoms with van der Waals surface area (Å²) >= 11 is 1.16. The molecular formula is C20H25N3O4S. The van der Waals surface area contributed by atoms with E-state index in [0.29, 0.717) is 35.1 Å². The van der Waals surface area contributed by atoms with Crippen molar-refractivity contribution >= 4 is 29.3 Å². The number of ether oxygens (including phenoxy) is 1. The van der Waals surface area contributed by atoms with E-state index in [1.54, 1.807) is 24.3 Å². The zero-order valence-corrected chi connectivity index (χ0v) is 16.9. The van der Waals surface area contributed by atoms with Gasteiger partial charge in [-0.1, -0.05) is 38.5 Å². The number of esters is 1. The lowest BCUT2D eigenvalue weighted by Gasteiger charge is -2.07. The number of carbonyl (C=O) groups excluding carboxylic acids is 2. The maximum absolute atomic E-state index is 12.1. The number of thioether (sulfide) groups is 1. The molecule has 1 amide bonds. The second kappa shape index (κ2) is 11.3. The molecule has 0 aliphatic carbocycles. The van der Waals surface area contributed by atoms with Crippen LogP contribution in [0.5, 0.6) is 0 Å². The predicted octanol–water partition coefficient (Wildman–Crippen LogP) is 3.41. The zero-order chi connectivity index (χ0) is 20.4. The first-order chi connectivity index (χ1) is 13.5. The van der Waals surface area contributed by atoms with Crippen molar-refractivity contribution in [1.29, 1.82) is 0 Å². The molecule has 0 atom stereocenters. The van der Waals surface area contributed by atoms with Crippen LogP contribution in [-0.2, 0) is 16.0 Å². The maximum Gasteiger partial charge on any atom is 0.338 e. The molecule has 2 aromatic rings. The summed E-state index contributed by atoms with van der Waals surface area (Å²) in [4.78, 5) is 42.5. The molecular weight excluding hydrogens is 378 g/mol. The van der Waals surface area contributed by atoms with Crippen LogP contribution in [0.3, 0.4) is 0 Å². The first-order valence-electron chi connectivity index (χ1n) is 9.32. The highest BCUT2D eigenvalue weighted by molar-refractivity contribution is 7.99. The number of H-pyrrole nitrogens is 1. The Labute approximate surface area is 168 Å². The average Bonchev–Trinajstić information content (AvgIpc) is 2.69. The first kappa shape index (κ1) is 21.7. The van der Waals surface area contributed by atoms with Crippen LogP contribution in [0.1, 0.15) is 49.2 Å². The van der Waals surface area contributed by atoms with Gasteiger partial charge in [-0.15, -0.1) is 0 Å². The molecule has 0 bridgehead atoms. The van der Waals surface area contributed by atoms with E-state index < -0.39 is 0 Å². The number of aryl methyl sites for hydroxylation is 1. The summed E-state index contributed by atoms with van der Waals surface area (Å²) in [6, 6.07) is 8.00. The lowest BCUT2D eigenvalue weighted by Crippen LogP contribution is -2.16. The Morgan fingerprint density at radius 2 is 1.93 bits per heavy atom. The van der Waals surface area contributed by atoms with Gasteiger partial charge in [-0.05, 0) is 37.1 Å². The molecule has 28 heavy (non-hydrogen) atoms. The molecule has 0 unspecified atom stereocenters. The Bertz CT molecular complexity index is 849. The van der Waals surface area contributed by atoms with Crippen molar-refractivity contribution in [3.63, 3.8) is 0 Å². The number of carbonyl (C=O) groups is 2. The predicted molar refractivity (Wildman–Crippen MR) is 110 cm³/mol. The lowest BCUT2D eigenvalue weighted by molar-refractivity contribution is -0.113. The van der Waals surface area contributed by atoms with E-state index in [4.69, 9.17) is 4.74 Å². The zero-order valence-electron chi connectivity index (χ0n) is 16.1. The van der Waals surface area contributed by atoms with Crippen LogP contribution in [-0.4, -0.2) is 34.2 Å². The molecule has 0 aliphatic rings. The van der Waals surface area contributed by atoms with Crippen molar-refractivity contribution in [1.82, 2.24) is 9.97 Å². The summed E-state index contributed by atoms with van der Waals surface area (Å²) < 4.78 is 5.20. The average molecular weight is 404 g/mol. The Hall–Kier alpha value is -2.61. The van der Waals surface area contributed by atoms with Crippen LogP contribution in [0.2, 0.25) is 0 Å². The molecule has 7 nitrogen and oxygen atoms in total. The van der Waals surface area contributed by atoms with Crippen LogP contribution >= 0.6 is 11.8 Å². The van der Waals surface area contributed by atoms with Gasteiger partial charge in [0.1, 0.15) is 0 Å². The van der Waals surface area contributed by atoms with Crippen molar-refractivity contribution in [2.75, 3.05) is 17.7 Å². The summed E-state index contributed by atoms with van der Waals surface area (Å²) in [6.45, 7) is 4.41. The van der Waals surface area contributed by atoms with Gasteiger partial charge in [-0.2, -0.15) is 0 Å². The van der Waals surface area contributed by atoms with Gasteiger partial charge in [0, 0.05) is 17.4 Å². The minimum absolute atomic E-state index is 0.108. The molecule has 1 aromatic heterocycles. The van der Waals surface area contributed by atoms with Gasteiger partial charge in [0.25, 0.3) is 5.56 Å². The fourth-order valence-corrected chi connectivity index (χ4v) is 3.05. The summed E-state index contributed by atoms with van der Waals surface area (Å²) in [5.74, 6) is -0.489. The van der Waals surface area contributed by atoms with Crippen LogP contribution < -0.4 is 10.9 Å². The number of nitrogens with one attached hydrogen (secondary N) is 2. The maximum atomic E-state index is 12.1. The van der Waals surface area contributed by atoms with Crippen molar-refractivity contribution in [2.45, 2.75) is 44.7 Å². The van der Waals surface area contributed by atoms with Gasteiger partial charge in [0.2, 0.25) is 5.91 Å². The van der Waals surface area contributed by atoms with Crippen LogP contribution in [0.25, 0.3) is 0 Å². The minimum Gasteiger partial charge on any atom is -0.462 e. The number of hydrogen-bond acceptors (Lipinski definition) is 6. The molecule has 8 heteroatoms. The summed E-state index contributed by atoms with van der Waals surface area (Å²) in [5.41, 5.74) is 1.48. The third-order valence-corrected chi connectivity index (χ3v) is 4.73. The van der Waals surface area contributed by atoms with E-state index in [9.17, 15) is 14.4 Å². The quantitative estimate of drug-likeness (QED) is 0.273. The highest BCUT2D eigenvalue weighted by Crippen LogP contribution is 2.14. The van der Waals surface area contributed by atoms with Gasteiger partial charge in [-0.25, -0.2) is 9.78 Å². The van der Waals surface area contributed by atoms with Gasteiger partial charge >= 0.3 is 5.97 Å². The second-order valence-electron chi connectivity index (χ2n) is 6.15. The monoisotopic (exact) mass is 403 g/mol. The van der Waals surface area contributed by atoms with Crippen LogP contribution in [0, 0.1) is 0 Å². The molecule has 2 rings (SSSR count). The van der Waals surface area contributed by atoms with E-state index in [1.165, 1.54) is 6.07 Å². The number of unbranched alkanes of at least 4 members (excludes halogenated alkanes) is 2. The molecule has 0 aliphatic heterocycles. The topological polar surface area (TPSA) is 101 Å². The van der Waals surface area contributed by atoms with E-state index in [-0.39, 0.29) is 23.2 Å². The third-order valence-electron chi connectivity index (χ3n) is 3.86.